The highest BCUT2D eigenvalue weighted by Gasteiger charge is 2.73. The second-order valence-corrected chi connectivity index (χ2v) is 7.55. The van der Waals surface area contributed by atoms with Crippen LogP contribution in [0.3, 0.4) is 0 Å². The van der Waals surface area contributed by atoms with Gasteiger partial charge in [-0.05, 0) is 47.8 Å². The molecule has 1 heterocycles. The fourth-order valence-corrected chi connectivity index (χ4v) is 5.19. The minimum absolute atomic E-state index is 0.0353. The second kappa shape index (κ2) is 4.02. The van der Waals surface area contributed by atoms with Crippen LogP contribution < -0.4 is 0 Å². The van der Waals surface area contributed by atoms with E-state index in [4.69, 9.17) is 11.6 Å². The third-order valence-electron chi connectivity index (χ3n) is 6.20. The molecule has 1 aliphatic heterocycles. The molecule has 4 aliphatic rings. The summed E-state index contributed by atoms with van der Waals surface area (Å²) >= 11 is 5.89. The fraction of sp³-hybridized carbons (Fsp3) is 0.444. The average Bonchev–Trinajstić information content (AvgIpc) is 3.12. The number of carbonyl (C=O) groups excluding carboxylic acids is 2. The van der Waals surface area contributed by atoms with Gasteiger partial charge in [0.25, 0.3) is 0 Å². The number of hydrogen-bond donors (Lipinski definition) is 0. The number of allylic oxidation sites excluding steroid dienone is 2. The van der Waals surface area contributed by atoms with Gasteiger partial charge in [0.2, 0.25) is 11.8 Å². The lowest BCUT2D eigenvalue weighted by molar-refractivity contribution is -0.141. The predicted molar refractivity (Wildman–Crippen MR) is 81.8 cm³/mol. The molecule has 0 aromatic heterocycles. The summed E-state index contributed by atoms with van der Waals surface area (Å²) < 4.78 is 0. The van der Waals surface area contributed by atoms with Crippen LogP contribution in [0.4, 0.5) is 0 Å². The topological polar surface area (TPSA) is 37.4 Å². The predicted octanol–water partition coefficient (Wildman–Crippen LogP) is 3.04. The lowest BCUT2D eigenvalue weighted by atomic mass is 9.85. The van der Waals surface area contributed by atoms with Crippen LogP contribution in [0, 0.1) is 29.1 Å². The maximum Gasteiger partial charge on any atom is 0.234 e. The van der Waals surface area contributed by atoms with E-state index >= 15 is 0 Å². The number of carbonyl (C=O) groups is 2. The highest BCUT2D eigenvalue weighted by atomic mass is 35.5. The van der Waals surface area contributed by atoms with Gasteiger partial charge < -0.3 is 0 Å². The van der Waals surface area contributed by atoms with E-state index < -0.39 is 0 Å². The minimum Gasteiger partial charge on any atom is -0.278 e. The third-order valence-corrected chi connectivity index (χ3v) is 6.45. The number of imide groups is 1. The molecule has 3 nitrogen and oxygen atoms in total. The first-order valence-electron chi connectivity index (χ1n) is 7.90. The van der Waals surface area contributed by atoms with Crippen LogP contribution in [0.5, 0.6) is 0 Å². The molecule has 1 aromatic carbocycles. The van der Waals surface area contributed by atoms with Crippen molar-refractivity contribution in [2.24, 2.45) is 29.1 Å². The van der Waals surface area contributed by atoms with Gasteiger partial charge in [-0.1, -0.05) is 35.9 Å². The summed E-state index contributed by atoms with van der Waals surface area (Å²) in [7, 11) is 0. The number of amides is 2. The van der Waals surface area contributed by atoms with E-state index in [2.05, 4.69) is 12.2 Å². The zero-order valence-electron chi connectivity index (χ0n) is 12.0. The molecule has 3 fully saturated rings. The standard InChI is InChI=1S/C18H16ClNO2/c19-11-3-1-10(2-4-11)9-20-16(21)14-12-5-6-13(15(14)17(20)22)18(12)7-8-18/h1-6,12-15H,7-9H2/t12-,13-,14+,15+/m1/s1. The zero-order chi connectivity index (χ0) is 15.1. The number of halogens is 1. The Morgan fingerprint density at radius 2 is 1.55 bits per heavy atom. The molecule has 1 saturated heterocycles. The zero-order valence-corrected chi connectivity index (χ0v) is 12.8. The van der Waals surface area contributed by atoms with E-state index in [9.17, 15) is 9.59 Å². The Kier molecular flexibility index (Phi) is 2.35. The lowest BCUT2D eigenvalue weighted by Gasteiger charge is -2.21. The molecule has 1 aromatic rings. The van der Waals surface area contributed by atoms with E-state index in [1.54, 1.807) is 12.1 Å². The molecular weight excluding hydrogens is 298 g/mol. The molecule has 5 rings (SSSR count). The summed E-state index contributed by atoms with van der Waals surface area (Å²) in [6.45, 7) is 0.369. The van der Waals surface area contributed by atoms with Crippen LogP contribution in [0.1, 0.15) is 18.4 Å². The van der Waals surface area contributed by atoms with Crippen molar-refractivity contribution in [2.75, 3.05) is 0 Å². The van der Waals surface area contributed by atoms with Gasteiger partial charge in [-0.15, -0.1) is 0 Å². The van der Waals surface area contributed by atoms with Crippen LogP contribution in [-0.2, 0) is 16.1 Å². The van der Waals surface area contributed by atoms with Crippen molar-refractivity contribution in [1.82, 2.24) is 4.90 Å². The number of hydrogen-bond acceptors (Lipinski definition) is 2. The van der Waals surface area contributed by atoms with Crippen LogP contribution in [-0.4, -0.2) is 16.7 Å². The first kappa shape index (κ1) is 12.9. The van der Waals surface area contributed by atoms with Crippen LogP contribution in [0.2, 0.25) is 5.02 Å². The molecule has 2 saturated carbocycles. The van der Waals surface area contributed by atoms with Gasteiger partial charge in [-0.25, -0.2) is 0 Å². The van der Waals surface area contributed by atoms with E-state index in [0.717, 1.165) is 5.56 Å². The third kappa shape index (κ3) is 1.43. The molecule has 22 heavy (non-hydrogen) atoms. The Balaban J connectivity index is 1.45. The van der Waals surface area contributed by atoms with Gasteiger partial charge in [0.05, 0.1) is 18.4 Å². The summed E-state index contributed by atoms with van der Waals surface area (Å²) in [4.78, 5) is 27.1. The second-order valence-electron chi connectivity index (χ2n) is 7.11. The fourth-order valence-electron chi connectivity index (χ4n) is 5.07. The normalized spacial score (nSPS) is 36.5. The molecule has 0 N–H and O–H groups in total. The summed E-state index contributed by atoms with van der Waals surface area (Å²) in [5.74, 6) is 0.471. The molecule has 2 amide bonds. The number of benzene rings is 1. The quantitative estimate of drug-likeness (QED) is 0.621. The van der Waals surface area contributed by atoms with Gasteiger partial charge in [-0.3, -0.25) is 14.5 Å². The van der Waals surface area contributed by atoms with Gasteiger partial charge in [-0.2, -0.15) is 0 Å². The van der Waals surface area contributed by atoms with Crippen molar-refractivity contribution in [3.63, 3.8) is 0 Å². The molecule has 0 radical (unpaired) electrons. The van der Waals surface area contributed by atoms with Gasteiger partial charge >= 0.3 is 0 Å². The molecular formula is C18H16ClNO2. The largest absolute Gasteiger partial charge is 0.278 e. The van der Waals surface area contributed by atoms with E-state index in [1.807, 2.05) is 12.1 Å². The maximum absolute atomic E-state index is 12.8. The Morgan fingerprint density at radius 3 is 2.05 bits per heavy atom. The Morgan fingerprint density at radius 1 is 1.00 bits per heavy atom. The van der Waals surface area contributed by atoms with Gasteiger partial charge in [0, 0.05) is 5.02 Å². The Labute approximate surface area is 133 Å². The number of rotatable bonds is 2. The molecule has 1 spiro atoms. The molecule has 3 aliphatic carbocycles. The Hall–Kier alpha value is -1.61. The summed E-state index contributed by atoms with van der Waals surface area (Å²) in [5, 5.41) is 0.664. The summed E-state index contributed by atoms with van der Waals surface area (Å²) in [5.41, 5.74) is 1.22. The molecule has 4 atom stereocenters. The van der Waals surface area contributed by atoms with Crippen LogP contribution in [0.25, 0.3) is 0 Å². The van der Waals surface area contributed by atoms with E-state index in [0.29, 0.717) is 23.4 Å². The van der Waals surface area contributed by atoms with E-state index in [1.165, 1.54) is 17.7 Å². The first-order valence-corrected chi connectivity index (χ1v) is 8.28. The number of nitrogens with zero attached hydrogens (tertiary/aromatic N) is 1. The molecule has 112 valence electrons. The monoisotopic (exact) mass is 313 g/mol. The smallest absolute Gasteiger partial charge is 0.234 e. The maximum atomic E-state index is 12.8. The van der Waals surface area contributed by atoms with Crippen molar-refractivity contribution in [3.05, 3.63) is 47.0 Å². The highest BCUT2D eigenvalue weighted by molar-refractivity contribution is 6.30. The van der Waals surface area contributed by atoms with Crippen molar-refractivity contribution in [1.29, 1.82) is 0 Å². The summed E-state index contributed by atoms with van der Waals surface area (Å²) in [6, 6.07) is 7.36. The lowest BCUT2D eigenvalue weighted by Crippen LogP contribution is -2.34. The summed E-state index contributed by atoms with van der Waals surface area (Å²) in [6.07, 6.45) is 6.77. The van der Waals surface area contributed by atoms with Gasteiger partial charge in [0.15, 0.2) is 0 Å². The average molecular weight is 314 g/mol. The SMILES string of the molecule is O=C1[C@@H]2[C@@H](C(=O)N1Cc1ccc(Cl)cc1)[C@H]1C=C[C@H]2C12CC2. The highest BCUT2D eigenvalue weighted by Crippen LogP contribution is 2.73. The first-order chi connectivity index (χ1) is 10.6. The van der Waals surface area contributed by atoms with E-state index in [-0.39, 0.29) is 29.1 Å². The molecule has 0 unspecified atom stereocenters. The van der Waals surface area contributed by atoms with Crippen molar-refractivity contribution in [3.8, 4) is 0 Å². The molecule has 2 bridgehead atoms. The Bertz CT molecular complexity index is 685. The van der Waals surface area contributed by atoms with Crippen LogP contribution >= 0.6 is 11.6 Å². The van der Waals surface area contributed by atoms with Crippen molar-refractivity contribution >= 4 is 23.4 Å². The minimum atomic E-state index is -0.0997. The van der Waals surface area contributed by atoms with Gasteiger partial charge in [0.1, 0.15) is 0 Å². The number of fused-ring (bicyclic) bond motifs is 3. The van der Waals surface area contributed by atoms with Crippen molar-refractivity contribution < 1.29 is 9.59 Å². The molecule has 4 heteroatoms. The van der Waals surface area contributed by atoms with Crippen LogP contribution in [0.15, 0.2) is 36.4 Å². The van der Waals surface area contributed by atoms with Crippen molar-refractivity contribution in [2.45, 2.75) is 19.4 Å². The number of likely N-dealkylation sites (tertiary alicyclic amines) is 1.